The van der Waals surface area contributed by atoms with Crippen molar-refractivity contribution in [3.8, 4) is 22.6 Å². The van der Waals surface area contributed by atoms with Gasteiger partial charge in [0.05, 0.1) is 17.2 Å². The number of aromatic nitrogens is 5. The molecule has 1 saturated heterocycles. The predicted molar refractivity (Wildman–Crippen MR) is 143 cm³/mol. The van der Waals surface area contributed by atoms with Crippen molar-refractivity contribution in [3.05, 3.63) is 66.4 Å². The highest BCUT2D eigenvalue weighted by molar-refractivity contribution is 7.88. The normalized spacial score (nSPS) is 17.8. The van der Waals surface area contributed by atoms with Gasteiger partial charge in [0.2, 0.25) is 16.0 Å². The van der Waals surface area contributed by atoms with Gasteiger partial charge in [0, 0.05) is 50.3 Å². The van der Waals surface area contributed by atoms with Gasteiger partial charge >= 0.3 is 0 Å². The highest BCUT2D eigenvalue weighted by Crippen LogP contribution is 2.48. The van der Waals surface area contributed by atoms with Gasteiger partial charge in [-0.2, -0.15) is 9.29 Å². The van der Waals surface area contributed by atoms with Crippen LogP contribution in [0.15, 0.2) is 59.5 Å². The summed E-state index contributed by atoms with van der Waals surface area (Å²) in [7, 11) is -3.17. The Morgan fingerprint density at radius 2 is 1.53 bits per heavy atom. The molecule has 0 spiro atoms. The minimum Gasteiger partial charge on any atom is -0.368 e. The maximum Gasteiger partial charge on any atom is 0.259 e. The monoisotopic (exact) mass is 532 g/mol. The Kier molecular flexibility index (Phi) is 6.07. The van der Waals surface area contributed by atoms with Gasteiger partial charge in [-0.15, -0.1) is 0 Å². The molecule has 4 aromatic rings. The molecule has 2 aliphatic rings. The van der Waals surface area contributed by atoms with Crippen LogP contribution in [0.4, 0.5) is 11.8 Å². The zero-order chi connectivity index (χ0) is 26.3. The lowest BCUT2D eigenvalue weighted by atomic mass is 9.64. The second kappa shape index (κ2) is 9.44. The first-order valence-electron chi connectivity index (χ1n) is 12.5. The second-order valence-electron chi connectivity index (χ2n) is 9.82. The maximum atomic E-state index is 11.8. The van der Waals surface area contributed by atoms with Gasteiger partial charge in [0.15, 0.2) is 5.82 Å². The topological polar surface area (TPSA) is 144 Å². The third-order valence-corrected chi connectivity index (χ3v) is 8.83. The van der Waals surface area contributed by atoms with Crippen molar-refractivity contribution in [3.63, 3.8) is 0 Å². The Hall–Kier alpha value is -3.90. The van der Waals surface area contributed by atoms with Crippen LogP contribution in [-0.2, 0) is 15.4 Å². The maximum absolute atomic E-state index is 11.8. The largest absolute Gasteiger partial charge is 0.368 e. The number of nitrogen functional groups attached to an aromatic ring is 1. The molecule has 12 heteroatoms. The van der Waals surface area contributed by atoms with Crippen LogP contribution in [0.2, 0.25) is 0 Å². The summed E-state index contributed by atoms with van der Waals surface area (Å²) in [6, 6.07) is 12.2. The van der Waals surface area contributed by atoms with E-state index in [0.717, 1.165) is 47.3 Å². The number of nitrogens with zero attached hydrogens (tertiary/aromatic N) is 7. The molecule has 0 unspecified atom stereocenters. The predicted octanol–water partition coefficient (Wildman–Crippen LogP) is 2.72. The van der Waals surface area contributed by atoms with Crippen LogP contribution in [0.25, 0.3) is 22.6 Å². The molecule has 1 saturated carbocycles. The van der Waals surface area contributed by atoms with E-state index < -0.39 is 10.0 Å². The van der Waals surface area contributed by atoms with Crippen LogP contribution in [-0.4, -0.2) is 70.3 Å². The van der Waals surface area contributed by atoms with Gasteiger partial charge in [-0.25, -0.2) is 23.4 Å². The van der Waals surface area contributed by atoms with Gasteiger partial charge in [-0.1, -0.05) is 35.8 Å². The molecule has 0 bridgehead atoms. The van der Waals surface area contributed by atoms with Crippen LogP contribution in [0.3, 0.4) is 0 Å². The van der Waals surface area contributed by atoms with E-state index in [9.17, 15) is 8.42 Å². The van der Waals surface area contributed by atoms with Gasteiger partial charge in [-0.3, -0.25) is 0 Å². The van der Waals surface area contributed by atoms with Crippen LogP contribution in [0.1, 0.15) is 30.7 Å². The lowest BCUT2D eigenvalue weighted by molar-refractivity contribution is 0.273. The average Bonchev–Trinajstić information content (AvgIpc) is 3.39. The Morgan fingerprint density at radius 1 is 0.868 bits per heavy atom. The molecule has 0 atom stereocenters. The summed E-state index contributed by atoms with van der Waals surface area (Å²) >= 11 is 0. The number of hydrogen-bond acceptors (Lipinski definition) is 10. The third-order valence-electron chi connectivity index (χ3n) is 7.53. The highest BCUT2D eigenvalue weighted by Gasteiger charge is 2.44. The number of pyridine rings is 1. The van der Waals surface area contributed by atoms with E-state index in [0.29, 0.717) is 37.9 Å². The van der Waals surface area contributed by atoms with Crippen molar-refractivity contribution in [2.75, 3.05) is 43.1 Å². The van der Waals surface area contributed by atoms with Crippen molar-refractivity contribution in [1.29, 1.82) is 0 Å². The summed E-state index contributed by atoms with van der Waals surface area (Å²) in [5, 5.41) is 4.38. The molecule has 38 heavy (non-hydrogen) atoms. The lowest BCUT2D eigenvalue weighted by Gasteiger charge is -2.39. The molecule has 11 nitrogen and oxygen atoms in total. The summed E-state index contributed by atoms with van der Waals surface area (Å²) in [5.41, 5.74) is 9.15. The second-order valence-corrected chi connectivity index (χ2v) is 11.8. The average molecular weight is 533 g/mol. The van der Waals surface area contributed by atoms with Crippen molar-refractivity contribution < 1.29 is 12.9 Å². The molecule has 2 fully saturated rings. The first-order chi connectivity index (χ1) is 18.3. The Morgan fingerprint density at radius 3 is 2.11 bits per heavy atom. The zero-order valence-electron chi connectivity index (χ0n) is 21.0. The third kappa shape index (κ3) is 4.50. The van der Waals surface area contributed by atoms with Crippen molar-refractivity contribution in [1.82, 2.24) is 29.4 Å². The molecule has 1 aromatic carbocycles. The summed E-state index contributed by atoms with van der Waals surface area (Å²) in [5.74, 6) is 2.17. The van der Waals surface area contributed by atoms with Crippen LogP contribution in [0, 0.1) is 0 Å². The number of sulfonamides is 1. The number of piperazine rings is 1. The Labute approximate surface area is 220 Å². The van der Waals surface area contributed by atoms with Crippen molar-refractivity contribution in [2.24, 2.45) is 0 Å². The molecule has 2 N–H and O–H groups in total. The minimum absolute atomic E-state index is 0.254. The van der Waals surface area contributed by atoms with Gasteiger partial charge in [0.1, 0.15) is 5.82 Å². The van der Waals surface area contributed by atoms with Crippen LogP contribution in [0.5, 0.6) is 0 Å². The first-order valence-corrected chi connectivity index (χ1v) is 14.4. The van der Waals surface area contributed by atoms with E-state index in [4.69, 9.17) is 15.2 Å². The Bertz CT molecular complexity index is 1520. The van der Waals surface area contributed by atoms with Gasteiger partial charge in [0.25, 0.3) is 5.89 Å². The highest BCUT2D eigenvalue weighted by atomic mass is 32.2. The smallest absolute Gasteiger partial charge is 0.259 e. The zero-order valence-corrected chi connectivity index (χ0v) is 21.8. The number of anilines is 2. The van der Waals surface area contributed by atoms with Crippen molar-refractivity contribution in [2.45, 2.75) is 24.7 Å². The quantitative estimate of drug-likeness (QED) is 0.393. The van der Waals surface area contributed by atoms with Crippen molar-refractivity contribution >= 4 is 21.8 Å². The number of rotatable bonds is 6. The SMILES string of the molecule is CS(=O)(=O)N1CCN(c2ccc(-c3nc(C4(c5ccc(-c6cnc(N)nc6)cc5)CCC4)no3)cn2)CC1. The molecule has 0 radical (unpaired) electrons. The van der Waals surface area contributed by atoms with Crippen LogP contribution < -0.4 is 10.6 Å². The summed E-state index contributed by atoms with van der Waals surface area (Å²) < 4.78 is 30.7. The van der Waals surface area contributed by atoms with E-state index in [-0.39, 0.29) is 11.4 Å². The lowest BCUT2D eigenvalue weighted by Crippen LogP contribution is -2.48. The van der Waals surface area contributed by atoms with E-state index in [1.165, 1.54) is 10.6 Å². The standard InChI is InChI=1S/C26H28N8O3S/c1-38(35,36)34-13-11-33(12-14-34)22-8-5-19(15-28-22)23-31-24(32-37-23)26(9-2-10-26)21-6-3-18(4-7-21)20-16-29-25(27)30-17-20/h3-8,15-17H,2,9-14H2,1H3,(H2,27,29,30). The van der Waals surface area contributed by atoms with Gasteiger partial charge < -0.3 is 15.2 Å². The molecule has 4 heterocycles. The fourth-order valence-electron chi connectivity index (χ4n) is 5.12. The summed E-state index contributed by atoms with van der Waals surface area (Å²) in [4.78, 5) is 19.6. The van der Waals surface area contributed by atoms with E-state index in [1.807, 2.05) is 12.1 Å². The first kappa shape index (κ1) is 24.4. The molecular weight excluding hydrogens is 504 g/mol. The van der Waals surface area contributed by atoms with Crippen LogP contribution >= 0.6 is 0 Å². The molecule has 0 amide bonds. The molecule has 1 aliphatic carbocycles. The van der Waals surface area contributed by atoms with E-state index in [2.05, 4.69) is 49.3 Å². The fourth-order valence-corrected chi connectivity index (χ4v) is 5.95. The minimum atomic E-state index is -3.17. The Balaban J connectivity index is 1.18. The number of nitrogens with two attached hydrogens (primary N) is 1. The molecule has 3 aromatic heterocycles. The molecule has 196 valence electrons. The van der Waals surface area contributed by atoms with E-state index in [1.54, 1.807) is 18.6 Å². The molecule has 6 rings (SSSR count). The summed E-state index contributed by atoms with van der Waals surface area (Å²) in [6.45, 7) is 2.09. The van der Waals surface area contributed by atoms with E-state index >= 15 is 0 Å². The number of hydrogen-bond donors (Lipinski definition) is 1. The molecular formula is C26H28N8O3S. The number of benzene rings is 1. The fraction of sp³-hybridized carbons (Fsp3) is 0.346. The summed E-state index contributed by atoms with van der Waals surface area (Å²) in [6.07, 6.45) is 9.41. The van der Waals surface area contributed by atoms with Gasteiger partial charge in [-0.05, 0) is 36.1 Å². The molecule has 1 aliphatic heterocycles.